The molecule has 3 atom stereocenters. The Balaban J connectivity index is 1.71. The predicted octanol–water partition coefficient (Wildman–Crippen LogP) is 2.75. The van der Waals surface area contributed by atoms with E-state index in [1.165, 1.54) is 30.8 Å². The molecule has 0 aromatic heterocycles. The lowest BCUT2D eigenvalue weighted by Gasteiger charge is -2.36. The summed E-state index contributed by atoms with van der Waals surface area (Å²) in [5, 5.41) is 3.73. The second kappa shape index (κ2) is 6.37. The SMILES string of the molecule is CC1CNC(c2cccc(N3CCN(C)CC3)c2)CC1C. The van der Waals surface area contributed by atoms with E-state index in [9.17, 15) is 0 Å². The van der Waals surface area contributed by atoms with Crippen molar-refractivity contribution in [1.82, 2.24) is 10.2 Å². The highest BCUT2D eigenvalue weighted by atomic mass is 15.2. The van der Waals surface area contributed by atoms with E-state index in [0.29, 0.717) is 6.04 Å². The molecule has 2 saturated heterocycles. The molecule has 3 heteroatoms. The van der Waals surface area contributed by atoms with E-state index in [4.69, 9.17) is 0 Å². The van der Waals surface area contributed by atoms with Crippen LogP contribution < -0.4 is 10.2 Å². The third-order valence-corrected chi connectivity index (χ3v) is 5.41. The summed E-state index contributed by atoms with van der Waals surface area (Å²) in [6.07, 6.45) is 1.26. The molecule has 2 aliphatic rings. The van der Waals surface area contributed by atoms with Gasteiger partial charge in [-0.1, -0.05) is 26.0 Å². The number of nitrogens with one attached hydrogen (secondary N) is 1. The summed E-state index contributed by atoms with van der Waals surface area (Å²) in [6, 6.07) is 9.73. The number of hydrogen-bond acceptors (Lipinski definition) is 3. The van der Waals surface area contributed by atoms with Gasteiger partial charge in [-0.05, 0) is 49.5 Å². The average molecular weight is 287 g/mol. The van der Waals surface area contributed by atoms with Crippen molar-refractivity contribution in [1.29, 1.82) is 0 Å². The molecule has 3 rings (SSSR count). The zero-order valence-electron chi connectivity index (χ0n) is 13.7. The van der Waals surface area contributed by atoms with Gasteiger partial charge >= 0.3 is 0 Å². The summed E-state index contributed by atoms with van der Waals surface area (Å²) in [5.41, 5.74) is 2.86. The first kappa shape index (κ1) is 14.9. The molecule has 0 aliphatic carbocycles. The zero-order valence-corrected chi connectivity index (χ0v) is 13.7. The van der Waals surface area contributed by atoms with E-state index in [0.717, 1.165) is 31.5 Å². The van der Waals surface area contributed by atoms with Crippen LogP contribution in [0.1, 0.15) is 31.9 Å². The van der Waals surface area contributed by atoms with Crippen LogP contribution in [0.4, 0.5) is 5.69 Å². The topological polar surface area (TPSA) is 18.5 Å². The number of hydrogen-bond donors (Lipinski definition) is 1. The molecule has 3 unspecified atom stereocenters. The van der Waals surface area contributed by atoms with Crippen LogP contribution in [0.2, 0.25) is 0 Å². The molecule has 2 aliphatic heterocycles. The third kappa shape index (κ3) is 3.41. The van der Waals surface area contributed by atoms with Gasteiger partial charge in [0.1, 0.15) is 0 Å². The van der Waals surface area contributed by atoms with Gasteiger partial charge in [0, 0.05) is 37.9 Å². The monoisotopic (exact) mass is 287 g/mol. The van der Waals surface area contributed by atoms with Crippen molar-refractivity contribution in [3.63, 3.8) is 0 Å². The third-order valence-electron chi connectivity index (χ3n) is 5.41. The standard InChI is InChI=1S/C18H29N3/c1-14-11-18(19-13-15(14)2)16-5-4-6-17(12-16)21-9-7-20(3)8-10-21/h4-6,12,14-15,18-19H,7-11,13H2,1-3H3. The number of piperidine rings is 1. The van der Waals surface area contributed by atoms with E-state index >= 15 is 0 Å². The fourth-order valence-electron chi connectivity index (χ4n) is 3.47. The van der Waals surface area contributed by atoms with Crippen LogP contribution in [0.3, 0.4) is 0 Å². The minimum Gasteiger partial charge on any atom is -0.369 e. The van der Waals surface area contributed by atoms with E-state index in [2.05, 4.69) is 60.3 Å². The van der Waals surface area contributed by atoms with Crippen LogP contribution in [-0.4, -0.2) is 44.7 Å². The molecule has 1 aromatic rings. The maximum Gasteiger partial charge on any atom is 0.0370 e. The van der Waals surface area contributed by atoms with Crippen molar-refractivity contribution >= 4 is 5.69 Å². The number of rotatable bonds is 2. The van der Waals surface area contributed by atoms with Gasteiger partial charge < -0.3 is 15.1 Å². The fourth-order valence-corrected chi connectivity index (χ4v) is 3.47. The van der Waals surface area contributed by atoms with Gasteiger partial charge in [0.25, 0.3) is 0 Å². The summed E-state index contributed by atoms with van der Waals surface area (Å²) in [6.45, 7) is 10.5. The molecule has 116 valence electrons. The Morgan fingerprint density at radius 1 is 1.05 bits per heavy atom. The first-order valence-corrected chi connectivity index (χ1v) is 8.40. The smallest absolute Gasteiger partial charge is 0.0370 e. The van der Waals surface area contributed by atoms with Gasteiger partial charge in [-0.2, -0.15) is 0 Å². The predicted molar refractivity (Wildman–Crippen MR) is 89.8 cm³/mol. The lowest BCUT2D eigenvalue weighted by atomic mass is 9.83. The van der Waals surface area contributed by atoms with Crippen molar-refractivity contribution in [2.75, 3.05) is 44.7 Å². The van der Waals surface area contributed by atoms with E-state index < -0.39 is 0 Å². The summed E-state index contributed by atoms with van der Waals surface area (Å²) < 4.78 is 0. The van der Waals surface area contributed by atoms with Crippen LogP contribution >= 0.6 is 0 Å². The van der Waals surface area contributed by atoms with Crippen molar-refractivity contribution < 1.29 is 0 Å². The molecule has 21 heavy (non-hydrogen) atoms. The van der Waals surface area contributed by atoms with Gasteiger partial charge in [0.05, 0.1) is 0 Å². The van der Waals surface area contributed by atoms with E-state index in [1.54, 1.807) is 0 Å². The minimum absolute atomic E-state index is 0.531. The molecule has 0 saturated carbocycles. The minimum atomic E-state index is 0.531. The summed E-state index contributed by atoms with van der Waals surface area (Å²) >= 11 is 0. The number of piperazine rings is 1. The van der Waals surface area contributed by atoms with Crippen LogP contribution in [0.25, 0.3) is 0 Å². The summed E-state index contributed by atoms with van der Waals surface area (Å²) in [7, 11) is 2.21. The second-order valence-electron chi connectivity index (χ2n) is 7.04. The highest BCUT2D eigenvalue weighted by Crippen LogP contribution is 2.31. The van der Waals surface area contributed by atoms with Gasteiger partial charge in [0.2, 0.25) is 0 Å². The molecule has 0 radical (unpaired) electrons. The molecular formula is C18H29N3. The largest absolute Gasteiger partial charge is 0.369 e. The van der Waals surface area contributed by atoms with Crippen molar-refractivity contribution in [3.8, 4) is 0 Å². The highest BCUT2D eigenvalue weighted by molar-refractivity contribution is 5.49. The van der Waals surface area contributed by atoms with Crippen LogP contribution in [0.15, 0.2) is 24.3 Å². The second-order valence-corrected chi connectivity index (χ2v) is 7.04. The first-order valence-electron chi connectivity index (χ1n) is 8.40. The maximum absolute atomic E-state index is 3.73. The first-order chi connectivity index (χ1) is 10.1. The Bertz CT molecular complexity index is 465. The van der Waals surface area contributed by atoms with Gasteiger partial charge in [0.15, 0.2) is 0 Å². The Labute approximate surface area is 129 Å². The van der Waals surface area contributed by atoms with Crippen molar-refractivity contribution in [3.05, 3.63) is 29.8 Å². The lowest BCUT2D eigenvalue weighted by Crippen LogP contribution is -2.44. The number of anilines is 1. The number of likely N-dealkylation sites (N-methyl/N-ethyl adjacent to an activating group) is 1. The van der Waals surface area contributed by atoms with Crippen molar-refractivity contribution in [2.45, 2.75) is 26.3 Å². The van der Waals surface area contributed by atoms with E-state index in [-0.39, 0.29) is 0 Å². The molecule has 2 heterocycles. The number of nitrogens with zero attached hydrogens (tertiary/aromatic N) is 2. The van der Waals surface area contributed by atoms with Crippen LogP contribution in [0.5, 0.6) is 0 Å². The molecule has 2 fully saturated rings. The van der Waals surface area contributed by atoms with Gasteiger partial charge in [-0.25, -0.2) is 0 Å². The summed E-state index contributed by atoms with van der Waals surface area (Å²) in [4.78, 5) is 4.94. The van der Waals surface area contributed by atoms with Crippen LogP contribution in [0, 0.1) is 11.8 Å². The van der Waals surface area contributed by atoms with Crippen LogP contribution in [-0.2, 0) is 0 Å². The fraction of sp³-hybridized carbons (Fsp3) is 0.667. The summed E-state index contributed by atoms with van der Waals surface area (Å²) in [5.74, 6) is 1.60. The van der Waals surface area contributed by atoms with E-state index in [1.807, 2.05) is 0 Å². The Hall–Kier alpha value is -1.06. The Kier molecular flexibility index (Phi) is 4.51. The molecule has 1 aromatic carbocycles. The Morgan fingerprint density at radius 3 is 2.52 bits per heavy atom. The Morgan fingerprint density at radius 2 is 1.81 bits per heavy atom. The molecule has 3 nitrogen and oxygen atoms in total. The molecule has 1 N–H and O–H groups in total. The quantitative estimate of drug-likeness (QED) is 0.902. The van der Waals surface area contributed by atoms with Gasteiger partial charge in [-0.3, -0.25) is 0 Å². The average Bonchev–Trinajstić information content (AvgIpc) is 2.51. The molecule has 0 bridgehead atoms. The normalized spacial score (nSPS) is 31.4. The number of benzene rings is 1. The van der Waals surface area contributed by atoms with Crippen molar-refractivity contribution in [2.24, 2.45) is 11.8 Å². The molecule has 0 amide bonds. The van der Waals surface area contributed by atoms with Gasteiger partial charge in [-0.15, -0.1) is 0 Å². The molecular weight excluding hydrogens is 258 g/mol. The zero-order chi connectivity index (χ0) is 14.8. The molecule has 0 spiro atoms. The lowest BCUT2D eigenvalue weighted by molar-refractivity contribution is 0.243. The highest BCUT2D eigenvalue weighted by Gasteiger charge is 2.25. The maximum atomic E-state index is 3.73.